The van der Waals surface area contributed by atoms with Crippen LogP contribution in [0.1, 0.15) is 30.9 Å². The second kappa shape index (κ2) is 10.3. The van der Waals surface area contributed by atoms with Crippen molar-refractivity contribution in [3.63, 3.8) is 0 Å². The number of rotatable bonds is 8. The molecule has 0 aromatic heterocycles. The summed E-state index contributed by atoms with van der Waals surface area (Å²) in [7, 11) is 0. The van der Waals surface area contributed by atoms with Gasteiger partial charge in [0, 0.05) is 15.6 Å². The predicted octanol–water partition coefficient (Wildman–Crippen LogP) is 6.98. The molecule has 0 atom stereocenters. The second-order valence-corrected chi connectivity index (χ2v) is 9.44. The minimum Gasteiger partial charge on any atom is -0.350 e. The predicted molar refractivity (Wildman–Crippen MR) is 137 cm³/mol. The molecule has 3 aromatic rings. The van der Waals surface area contributed by atoms with Crippen molar-refractivity contribution in [2.75, 3.05) is 10.2 Å². The van der Waals surface area contributed by atoms with E-state index in [1.54, 1.807) is 12.1 Å². The molecule has 0 radical (unpaired) electrons. The molecule has 0 aliphatic carbocycles. The summed E-state index contributed by atoms with van der Waals surface area (Å²) in [5.41, 5.74) is 3.83. The third kappa shape index (κ3) is 5.15. The molecule has 1 aliphatic heterocycles. The molecule has 0 fully saturated rings. The van der Waals surface area contributed by atoms with Gasteiger partial charge in [-0.1, -0.05) is 67.0 Å². The summed E-state index contributed by atoms with van der Waals surface area (Å²) in [6.45, 7) is 4.12. The maximum Gasteiger partial charge on any atom is 0.283 e. The number of amides is 2. The molecule has 0 unspecified atom stereocenters. The number of carbonyl (C=O) groups is 2. The van der Waals surface area contributed by atoms with Crippen molar-refractivity contribution in [2.24, 2.45) is 0 Å². The summed E-state index contributed by atoms with van der Waals surface area (Å²) < 4.78 is 0. The van der Waals surface area contributed by atoms with E-state index in [1.165, 1.54) is 22.2 Å². The Labute approximate surface area is 203 Å². The Hall–Kier alpha value is -3.02. The van der Waals surface area contributed by atoms with Crippen LogP contribution in [0.25, 0.3) is 0 Å². The molecule has 0 bridgehead atoms. The summed E-state index contributed by atoms with van der Waals surface area (Å²) in [6, 6.07) is 22.6. The summed E-state index contributed by atoms with van der Waals surface area (Å²) in [6.07, 6.45) is 3.21. The highest BCUT2D eigenvalue weighted by molar-refractivity contribution is 8.04. The number of nitrogens with zero attached hydrogens (tertiary/aromatic N) is 1. The smallest absolute Gasteiger partial charge is 0.283 e. The SMILES string of the molecule is CCCCc1ccc(N2C(=O)C(Nc3ccccc3C)=C(Sc3ccc(Cl)cc3)C2=O)cc1. The Bertz CT molecular complexity index is 1200. The fraction of sp³-hybridized carbons (Fsp3) is 0.185. The number of thioether (sulfide) groups is 1. The van der Waals surface area contributed by atoms with E-state index in [1.807, 2.05) is 67.6 Å². The minimum atomic E-state index is -0.360. The first kappa shape index (κ1) is 23.1. The summed E-state index contributed by atoms with van der Waals surface area (Å²) in [5.74, 6) is -0.696. The average Bonchev–Trinajstić information content (AvgIpc) is 3.05. The maximum atomic E-state index is 13.5. The van der Waals surface area contributed by atoms with Gasteiger partial charge in [0.05, 0.1) is 5.69 Å². The molecular weight excluding hydrogens is 452 g/mol. The molecule has 0 saturated carbocycles. The maximum absolute atomic E-state index is 13.5. The fourth-order valence-electron chi connectivity index (χ4n) is 3.61. The normalized spacial score (nSPS) is 13.7. The van der Waals surface area contributed by atoms with Crippen LogP contribution in [0, 0.1) is 6.92 Å². The van der Waals surface area contributed by atoms with Crippen LogP contribution < -0.4 is 10.2 Å². The highest BCUT2D eigenvalue weighted by Crippen LogP contribution is 2.38. The molecule has 0 spiro atoms. The highest BCUT2D eigenvalue weighted by atomic mass is 35.5. The van der Waals surface area contributed by atoms with E-state index in [0.29, 0.717) is 15.6 Å². The van der Waals surface area contributed by atoms with Crippen molar-refractivity contribution in [3.05, 3.63) is 99.5 Å². The number of hydrogen-bond donors (Lipinski definition) is 1. The molecule has 0 saturated heterocycles. The Morgan fingerprint density at radius 3 is 2.27 bits per heavy atom. The van der Waals surface area contributed by atoms with Gasteiger partial charge >= 0.3 is 0 Å². The van der Waals surface area contributed by atoms with Crippen LogP contribution in [0.5, 0.6) is 0 Å². The van der Waals surface area contributed by atoms with Crippen LogP contribution in [0.2, 0.25) is 5.02 Å². The van der Waals surface area contributed by atoms with E-state index < -0.39 is 0 Å². The van der Waals surface area contributed by atoms with Gasteiger partial charge < -0.3 is 5.32 Å². The lowest BCUT2D eigenvalue weighted by molar-refractivity contribution is -0.120. The average molecular weight is 477 g/mol. The van der Waals surface area contributed by atoms with Gasteiger partial charge in [-0.25, -0.2) is 4.90 Å². The quantitative estimate of drug-likeness (QED) is 0.356. The van der Waals surface area contributed by atoms with E-state index in [4.69, 9.17) is 11.6 Å². The molecule has 4 rings (SSSR count). The van der Waals surface area contributed by atoms with Gasteiger partial charge in [-0.15, -0.1) is 0 Å². The van der Waals surface area contributed by atoms with Gasteiger partial charge in [0.25, 0.3) is 11.8 Å². The van der Waals surface area contributed by atoms with E-state index in [-0.39, 0.29) is 17.5 Å². The third-order valence-corrected chi connectivity index (χ3v) is 6.84. The van der Waals surface area contributed by atoms with Crippen molar-refractivity contribution in [2.45, 2.75) is 38.0 Å². The van der Waals surface area contributed by atoms with E-state index in [9.17, 15) is 9.59 Å². The zero-order valence-corrected chi connectivity index (χ0v) is 20.2. The fourth-order valence-corrected chi connectivity index (χ4v) is 4.66. The number of anilines is 2. The van der Waals surface area contributed by atoms with Crippen LogP contribution >= 0.6 is 23.4 Å². The van der Waals surface area contributed by atoms with Crippen molar-refractivity contribution < 1.29 is 9.59 Å². The largest absolute Gasteiger partial charge is 0.350 e. The lowest BCUT2D eigenvalue weighted by atomic mass is 10.1. The van der Waals surface area contributed by atoms with Crippen molar-refractivity contribution in [1.29, 1.82) is 0 Å². The number of benzene rings is 3. The van der Waals surface area contributed by atoms with Gasteiger partial charge in [0.1, 0.15) is 10.6 Å². The third-order valence-electron chi connectivity index (χ3n) is 5.49. The van der Waals surface area contributed by atoms with Gasteiger partial charge in [-0.3, -0.25) is 9.59 Å². The molecule has 33 heavy (non-hydrogen) atoms. The number of hydrogen-bond acceptors (Lipinski definition) is 4. The van der Waals surface area contributed by atoms with Crippen molar-refractivity contribution in [3.8, 4) is 0 Å². The first-order chi connectivity index (χ1) is 16.0. The van der Waals surface area contributed by atoms with Crippen LogP contribution in [0.15, 0.2) is 88.3 Å². The summed E-state index contributed by atoms with van der Waals surface area (Å²) >= 11 is 7.28. The van der Waals surface area contributed by atoms with Gasteiger partial charge in [-0.05, 0) is 73.4 Å². The standard InChI is InChI=1S/C27H25ClN2O2S/c1-3-4-8-19-10-14-21(15-11-19)30-26(31)24(29-23-9-6-5-7-18(23)2)25(27(30)32)33-22-16-12-20(28)13-17-22/h5-7,9-17,29H,3-4,8H2,1-2H3. The second-order valence-electron chi connectivity index (χ2n) is 7.92. The van der Waals surface area contributed by atoms with Crippen molar-refractivity contribution >= 4 is 46.6 Å². The first-order valence-electron chi connectivity index (χ1n) is 11.0. The number of nitrogens with one attached hydrogen (secondary N) is 1. The topological polar surface area (TPSA) is 49.4 Å². The lowest BCUT2D eigenvalue weighted by Crippen LogP contribution is -2.32. The molecule has 1 N–H and O–H groups in total. The van der Waals surface area contributed by atoms with Crippen LogP contribution in [0.4, 0.5) is 11.4 Å². The van der Waals surface area contributed by atoms with E-state index in [2.05, 4.69) is 12.2 Å². The summed E-state index contributed by atoms with van der Waals surface area (Å²) in [5, 5.41) is 3.85. The number of imide groups is 1. The molecule has 3 aromatic carbocycles. The Kier molecular flexibility index (Phi) is 7.21. The van der Waals surface area contributed by atoms with Gasteiger partial charge in [-0.2, -0.15) is 0 Å². The number of aryl methyl sites for hydroxylation is 2. The Morgan fingerprint density at radius 1 is 0.909 bits per heavy atom. The lowest BCUT2D eigenvalue weighted by Gasteiger charge is -2.16. The minimum absolute atomic E-state index is 0.282. The van der Waals surface area contributed by atoms with Gasteiger partial charge in [0.15, 0.2) is 0 Å². The summed E-state index contributed by atoms with van der Waals surface area (Å²) in [4.78, 5) is 29.4. The first-order valence-corrected chi connectivity index (χ1v) is 12.2. The van der Waals surface area contributed by atoms with E-state index in [0.717, 1.165) is 35.4 Å². The molecule has 6 heteroatoms. The highest BCUT2D eigenvalue weighted by Gasteiger charge is 2.40. The number of halogens is 1. The number of carbonyl (C=O) groups excluding carboxylic acids is 2. The zero-order chi connectivity index (χ0) is 23.4. The van der Waals surface area contributed by atoms with Crippen LogP contribution in [-0.4, -0.2) is 11.8 Å². The Balaban J connectivity index is 1.68. The molecular formula is C27H25ClN2O2S. The number of unbranched alkanes of at least 4 members (excludes halogenated alkanes) is 1. The Morgan fingerprint density at radius 2 is 1.61 bits per heavy atom. The van der Waals surface area contributed by atoms with E-state index >= 15 is 0 Å². The molecule has 1 aliphatic rings. The van der Waals surface area contributed by atoms with Crippen LogP contribution in [0.3, 0.4) is 0 Å². The molecule has 1 heterocycles. The van der Waals surface area contributed by atoms with Crippen molar-refractivity contribution in [1.82, 2.24) is 0 Å². The molecule has 168 valence electrons. The zero-order valence-electron chi connectivity index (χ0n) is 18.6. The van der Waals surface area contributed by atoms with Crippen LogP contribution in [-0.2, 0) is 16.0 Å². The molecule has 2 amide bonds. The van der Waals surface area contributed by atoms with Gasteiger partial charge in [0.2, 0.25) is 0 Å². The monoisotopic (exact) mass is 476 g/mol. The molecule has 4 nitrogen and oxygen atoms in total. The number of para-hydroxylation sites is 1.